The van der Waals surface area contributed by atoms with E-state index in [-0.39, 0.29) is 24.5 Å². The van der Waals surface area contributed by atoms with Crippen LogP contribution in [0.2, 0.25) is 0 Å². The maximum absolute atomic E-state index is 13.0. The second kappa shape index (κ2) is 7.17. The lowest BCUT2D eigenvalue weighted by molar-refractivity contribution is -0.141. The molecule has 0 N–H and O–H groups in total. The summed E-state index contributed by atoms with van der Waals surface area (Å²) >= 11 is 0. The number of benzene rings is 2. The fourth-order valence-electron chi connectivity index (χ4n) is 2.53. The number of esters is 1. The molecular formula is C19H16FNO4. The summed E-state index contributed by atoms with van der Waals surface area (Å²) in [5.74, 6) is -0.382. The zero-order chi connectivity index (χ0) is 17.8. The molecule has 6 heteroatoms. The number of hydrogen-bond acceptors (Lipinski definition) is 4. The first-order valence-electron chi connectivity index (χ1n) is 7.65. The molecule has 2 aromatic carbocycles. The highest BCUT2D eigenvalue weighted by Gasteiger charge is 2.12. The Balaban J connectivity index is 1.99. The van der Waals surface area contributed by atoms with E-state index < -0.39 is 5.97 Å². The molecule has 25 heavy (non-hydrogen) atoms. The molecule has 0 aliphatic carbocycles. The quantitative estimate of drug-likeness (QED) is 0.670. The highest BCUT2D eigenvalue weighted by atomic mass is 19.1. The molecule has 0 aliphatic rings. The van der Waals surface area contributed by atoms with Crippen molar-refractivity contribution < 1.29 is 18.7 Å². The largest absolute Gasteiger partial charge is 0.487 e. The van der Waals surface area contributed by atoms with Crippen LogP contribution in [0.3, 0.4) is 0 Å². The van der Waals surface area contributed by atoms with Crippen molar-refractivity contribution in [2.24, 2.45) is 0 Å². The molecular weight excluding hydrogens is 325 g/mol. The number of carbonyl (C=O) groups excluding carboxylic acids is 1. The first-order valence-corrected chi connectivity index (χ1v) is 7.65. The van der Waals surface area contributed by atoms with Gasteiger partial charge < -0.3 is 9.47 Å². The van der Waals surface area contributed by atoms with Crippen molar-refractivity contribution in [1.29, 1.82) is 0 Å². The fraction of sp³-hybridized carbons (Fsp3) is 0.158. The topological polar surface area (TPSA) is 57.5 Å². The maximum atomic E-state index is 13.0. The molecule has 0 radical (unpaired) electrons. The van der Waals surface area contributed by atoms with Crippen LogP contribution >= 0.6 is 0 Å². The second-order valence-corrected chi connectivity index (χ2v) is 5.44. The van der Waals surface area contributed by atoms with Crippen molar-refractivity contribution >= 4 is 16.9 Å². The highest BCUT2D eigenvalue weighted by Crippen LogP contribution is 2.25. The van der Waals surface area contributed by atoms with Gasteiger partial charge in [-0.25, -0.2) is 4.39 Å². The monoisotopic (exact) mass is 341 g/mol. The smallest absolute Gasteiger partial charge is 0.325 e. The third-order valence-electron chi connectivity index (χ3n) is 3.79. The number of rotatable bonds is 5. The van der Waals surface area contributed by atoms with Crippen molar-refractivity contribution in [2.75, 3.05) is 7.11 Å². The van der Waals surface area contributed by atoms with Gasteiger partial charge in [0, 0.05) is 11.5 Å². The standard InChI is InChI=1S/C19H16FNO4/c1-24-18(23)11-21-17(22)10-7-14-3-2-4-16(19(14)21)25-12-13-5-8-15(20)9-6-13/h2-10H,11-12H2,1H3. The number of halogens is 1. The normalized spacial score (nSPS) is 10.6. The van der Waals surface area contributed by atoms with Crippen LogP contribution < -0.4 is 10.3 Å². The van der Waals surface area contributed by atoms with Gasteiger partial charge in [0.2, 0.25) is 0 Å². The molecule has 5 nitrogen and oxygen atoms in total. The zero-order valence-corrected chi connectivity index (χ0v) is 13.6. The molecule has 3 rings (SSSR count). The molecule has 128 valence electrons. The minimum atomic E-state index is -0.525. The highest BCUT2D eigenvalue weighted by molar-refractivity contribution is 5.86. The first-order chi connectivity index (χ1) is 12.1. The van der Waals surface area contributed by atoms with Crippen molar-refractivity contribution in [3.05, 3.63) is 76.3 Å². The van der Waals surface area contributed by atoms with E-state index in [2.05, 4.69) is 4.74 Å². The minimum Gasteiger partial charge on any atom is -0.487 e. The van der Waals surface area contributed by atoms with Crippen LogP contribution in [0.4, 0.5) is 4.39 Å². The number of fused-ring (bicyclic) bond motifs is 1. The van der Waals surface area contributed by atoms with Crippen LogP contribution in [0, 0.1) is 5.82 Å². The van der Waals surface area contributed by atoms with Crippen LogP contribution in [0.15, 0.2) is 59.4 Å². The minimum absolute atomic E-state index is 0.205. The molecule has 1 heterocycles. The van der Waals surface area contributed by atoms with E-state index >= 15 is 0 Å². The van der Waals surface area contributed by atoms with Crippen LogP contribution in [0.5, 0.6) is 5.75 Å². The fourth-order valence-corrected chi connectivity index (χ4v) is 2.53. The summed E-state index contributed by atoms with van der Waals surface area (Å²) in [5.41, 5.74) is 0.981. The summed E-state index contributed by atoms with van der Waals surface area (Å²) in [4.78, 5) is 23.8. The van der Waals surface area contributed by atoms with Crippen molar-refractivity contribution in [3.63, 3.8) is 0 Å². The summed E-state index contributed by atoms with van der Waals surface area (Å²) in [7, 11) is 1.27. The average Bonchev–Trinajstić information content (AvgIpc) is 2.63. The van der Waals surface area contributed by atoms with Gasteiger partial charge in [0.05, 0.1) is 12.6 Å². The SMILES string of the molecule is COC(=O)Cn1c(=O)ccc2cccc(OCc3ccc(F)cc3)c21. The lowest BCUT2D eigenvalue weighted by Crippen LogP contribution is -2.24. The van der Waals surface area contributed by atoms with Gasteiger partial charge in [-0.1, -0.05) is 24.3 Å². The van der Waals surface area contributed by atoms with Gasteiger partial charge in [-0.3, -0.25) is 14.2 Å². The third kappa shape index (κ3) is 3.68. The Morgan fingerprint density at radius 1 is 1.08 bits per heavy atom. The maximum Gasteiger partial charge on any atom is 0.325 e. The number of pyridine rings is 1. The first kappa shape index (κ1) is 16.7. The molecule has 0 saturated carbocycles. The molecule has 3 aromatic rings. The van der Waals surface area contributed by atoms with E-state index in [4.69, 9.17) is 4.74 Å². The number of nitrogens with zero attached hydrogens (tertiary/aromatic N) is 1. The predicted octanol–water partition coefficient (Wildman–Crippen LogP) is 2.89. The van der Waals surface area contributed by atoms with E-state index in [0.29, 0.717) is 11.3 Å². The Kier molecular flexibility index (Phi) is 4.79. The summed E-state index contributed by atoms with van der Waals surface area (Å²) in [5, 5.41) is 0.764. The summed E-state index contributed by atoms with van der Waals surface area (Å²) < 4.78 is 24.8. The molecule has 0 amide bonds. The van der Waals surface area contributed by atoms with Gasteiger partial charge in [0.25, 0.3) is 5.56 Å². The van der Waals surface area contributed by atoms with Gasteiger partial charge in [-0.2, -0.15) is 0 Å². The third-order valence-corrected chi connectivity index (χ3v) is 3.79. The molecule has 0 saturated heterocycles. The number of hydrogen-bond donors (Lipinski definition) is 0. The zero-order valence-electron chi connectivity index (χ0n) is 13.6. The molecule has 0 fully saturated rings. The van der Waals surface area contributed by atoms with Crippen molar-refractivity contribution in [2.45, 2.75) is 13.2 Å². The number of carbonyl (C=O) groups is 1. The van der Waals surface area contributed by atoms with Gasteiger partial charge >= 0.3 is 5.97 Å². The number of para-hydroxylation sites is 1. The van der Waals surface area contributed by atoms with Crippen molar-refractivity contribution in [1.82, 2.24) is 4.57 Å². The van der Waals surface area contributed by atoms with E-state index in [0.717, 1.165) is 10.9 Å². The Bertz CT molecular complexity index is 963. The number of ether oxygens (including phenoxy) is 2. The van der Waals surface area contributed by atoms with Gasteiger partial charge in [0.1, 0.15) is 24.7 Å². The summed E-state index contributed by atoms with van der Waals surface area (Å²) in [6.45, 7) is 0.00426. The second-order valence-electron chi connectivity index (χ2n) is 5.44. The molecule has 0 aliphatic heterocycles. The van der Waals surface area contributed by atoms with Crippen LogP contribution in [-0.4, -0.2) is 17.6 Å². The Morgan fingerprint density at radius 3 is 2.56 bits per heavy atom. The lowest BCUT2D eigenvalue weighted by atomic mass is 10.2. The van der Waals surface area contributed by atoms with E-state index in [9.17, 15) is 14.0 Å². The Morgan fingerprint density at radius 2 is 1.84 bits per heavy atom. The van der Waals surface area contributed by atoms with E-state index in [1.54, 1.807) is 30.3 Å². The molecule has 0 spiro atoms. The molecule has 1 aromatic heterocycles. The average molecular weight is 341 g/mol. The van der Waals surface area contributed by atoms with Crippen LogP contribution in [0.1, 0.15) is 5.56 Å². The molecule has 0 atom stereocenters. The van der Waals surface area contributed by atoms with Gasteiger partial charge in [-0.15, -0.1) is 0 Å². The summed E-state index contributed by atoms with van der Waals surface area (Å²) in [6.07, 6.45) is 0. The molecule has 0 bridgehead atoms. The lowest BCUT2D eigenvalue weighted by Gasteiger charge is -2.14. The van der Waals surface area contributed by atoms with E-state index in [1.165, 1.54) is 29.9 Å². The summed E-state index contributed by atoms with van der Waals surface area (Å²) in [6, 6.07) is 14.4. The molecule has 0 unspecified atom stereocenters. The Labute approximate surface area is 143 Å². The van der Waals surface area contributed by atoms with Crippen LogP contribution in [-0.2, 0) is 22.7 Å². The van der Waals surface area contributed by atoms with Crippen LogP contribution in [0.25, 0.3) is 10.9 Å². The van der Waals surface area contributed by atoms with Gasteiger partial charge in [-0.05, 0) is 29.8 Å². The number of aromatic nitrogens is 1. The van der Waals surface area contributed by atoms with E-state index in [1.807, 2.05) is 6.07 Å². The van der Waals surface area contributed by atoms with Crippen molar-refractivity contribution in [3.8, 4) is 5.75 Å². The Hall–Kier alpha value is -3.15. The van der Waals surface area contributed by atoms with Gasteiger partial charge in [0.15, 0.2) is 0 Å². The predicted molar refractivity (Wildman–Crippen MR) is 91.0 cm³/mol. The number of methoxy groups -OCH3 is 1.